The van der Waals surface area contributed by atoms with Gasteiger partial charge in [0.2, 0.25) is 0 Å². The summed E-state index contributed by atoms with van der Waals surface area (Å²) in [5.74, 6) is 1.04. The number of ether oxygens (including phenoxy) is 1. The van der Waals surface area contributed by atoms with E-state index in [0.717, 1.165) is 37.6 Å². The van der Waals surface area contributed by atoms with E-state index >= 15 is 0 Å². The lowest BCUT2D eigenvalue weighted by Crippen LogP contribution is -2.24. The number of benzene rings is 1. The van der Waals surface area contributed by atoms with Crippen LogP contribution in [0.4, 0.5) is 0 Å². The highest BCUT2D eigenvalue weighted by molar-refractivity contribution is 5.82. The molecule has 0 bridgehead atoms. The van der Waals surface area contributed by atoms with E-state index < -0.39 is 0 Å². The SMILES string of the molecule is CNCc1c(CN(C)CCOC(C)C)oc2ccccc12. The van der Waals surface area contributed by atoms with Gasteiger partial charge in [0.05, 0.1) is 19.3 Å². The molecule has 2 rings (SSSR count). The molecule has 1 aromatic carbocycles. The first-order valence-corrected chi connectivity index (χ1v) is 7.56. The van der Waals surface area contributed by atoms with Gasteiger partial charge in [-0.25, -0.2) is 0 Å². The predicted octanol–water partition coefficient (Wildman–Crippen LogP) is 3.01. The molecule has 0 spiro atoms. The smallest absolute Gasteiger partial charge is 0.134 e. The maximum Gasteiger partial charge on any atom is 0.134 e. The number of furan rings is 1. The first kappa shape index (κ1) is 16.0. The molecule has 0 radical (unpaired) electrons. The van der Waals surface area contributed by atoms with E-state index in [0.29, 0.717) is 0 Å². The van der Waals surface area contributed by atoms with E-state index in [-0.39, 0.29) is 6.10 Å². The summed E-state index contributed by atoms with van der Waals surface area (Å²) in [6.45, 7) is 7.38. The second kappa shape index (κ2) is 7.59. The van der Waals surface area contributed by atoms with Crippen LogP contribution >= 0.6 is 0 Å². The molecule has 21 heavy (non-hydrogen) atoms. The van der Waals surface area contributed by atoms with Crippen LogP contribution in [0.2, 0.25) is 0 Å². The molecule has 4 nitrogen and oxygen atoms in total. The summed E-state index contributed by atoms with van der Waals surface area (Å²) in [4.78, 5) is 2.24. The summed E-state index contributed by atoms with van der Waals surface area (Å²) in [6.07, 6.45) is 0.282. The molecule has 2 aromatic rings. The zero-order chi connectivity index (χ0) is 15.2. The summed E-state index contributed by atoms with van der Waals surface area (Å²) in [5.41, 5.74) is 2.22. The van der Waals surface area contributed by atoms with Gasteiger partial charge in [-0.15, -0.1) is 0 Å². The van der Waals surface area contributed by atoms with Gasteiger partial charge in [-0.2, -0.15) is 0 Å². The van der Waals surface area contributed by atoms with Gasteiger partial charge in [-0.1, -0.05) is 18.2 Å². The average molecular weight is 290 g/mol. The first-order valence-electron chi connectivity index (χ1n) is 7.56. The fraction of sp³-hybridized carbons (Fsp3) is 0.529. The van der Waals surface area contributed by atoms with Crippen molar-refractivity contribution in [3.05, 3.63) is 35.6 Å². The minimum absolute atomic E-state index is 0.282. The molecule has 1 N–H and O–H groups in total. The molecule has 0 unspecified atom stereocenters. The van der Waals surface area contributed by atoms with Gasteiger partial charge in [-0.05, 0) is 34.0 Å². The minimum Gasteiger partial charge on any atom is -0.459 e. The molecule has 0 aliphatic rings. The second-order valence-corrected chi connectivity index (χ2v) is 5.69. The van der Waals surface area contributed by atoms with Gasteiger partial charge >= 0.3 is 0 Å². The number of hydrogen-bond acceptors (Lipinski definition) is 4. The lowest BCUT2D eigenvalue weighted by molar-refractivity contribution is 0.0617. The maximum atomic E-state index is 6.03. The number of para-hydroxylation sites is 1. The Hall–Kier alpha value is -1.36. The van der Waals surface area contributed by atoms with Gasteiger partial charge in [0, 0.05) is 24.0 Å². The summed E-state index contributed by atoms with van der Waals surface area (Å²) >= 11 is 0. The van der Waals surface area contributed by atoms with Crippen LogP contribution in [-0.4, -0.2) is 38.3 Å². The van der Waals surface area contributed by atoms with Crippen molar-refractivity contribution >= 4 is 11.0 Å². The van der Waals surface area contributed by atoms with Crippen LogP contribution in [-0.2, 0) is 17.8 Å². The second-order valence-electron chi connectivity index (χ2n) is 5.69. The Balaban J connectivity index is 2.08. The van der Waals surface area contributed by atoms with Crippen LogP contribution in [0.3, 0.4) is 0 Å². The van der Waals surface area contributed by atoms with E-state index in [4.69, 9.17) is 9.15 Å². The van der Waals surface area contributed by atoms with E-state index in [1.807, 2.05) is 19.2 Å². The molecule has 0 saturated heterocycles. The van der Waals surface area contributed by atoms with Gasteiger partial charge in [-0.3, -0.25) is 4.90 Å². The lowest BCUT2D eigenvalue weighted by atomic mass is 10.1. The highest BCUT2D eigenvalue weighted by atomic mass is 16.5. The standard InChI is InChI=1S/C17H26N2O2/c1-13(2)20-10-9-19(4)12-17-15(11-18-3)14-7-5-6-8-16(14)21-17/h5-8,13,18H,9-12H2,1-4H3. The van der Waals surface area contributed by atoms with Gasteiger partial charge in [0.15, 0.2) is 0 Å². The molecule has 0 aliphatic heterocycles. The van der Waals surface area contributed by atoms with Crippen LogP contribution in [0.15, 0.2) is 28.7 Å². The van der Waals surface area contributed by atoms with Crippen LogP contribution in [0.5, 0.6) is 0 Å². The quantitative estimate of drug-likeness (QED) is 0.811. The molecule has 0 atom stereocenters. The molecule has 0 aliphatic carbocycles. The number of fused-ring (bicyclic) bond motifs is 1. The largest absolute Gasteiger partial charge is 0.459 e. The van der Waals surface area contributed by atoms with Crippen molar-refractivity contribution in [2.24, 2.45) is 0 Å². The Labute approximate surface area is 127 Å². The lowest BCUT2D eigenvalue weighted by Gasteiger charge is -2.17. The molecule has 1 aromatic heterocycles. The molecule has 4 heteroatoms. The van der Waals surface area contributed by atoms with Crippen LogP contribution in [0.1, 0.15) is 25.2 Å². The van der Waals surface area contributed by atoms with Gasteiger partial charge in [0.25, 0.3) is 0 Å². The number of rotatable bonds is 8. The van der Waals surface area contributed by atoms with Crippen molar-refractivity contribution in [1.29, 1.82) is 0 Å². The summed E-state index contributed by atoms with van der Waals surface area (Å²) < 4.78 is 11.6. The number of nitrogens with zero attached hydrogens (tertiary/aromatic N) is 1. The molecular weight excluding hydrogens is 264 g/mol. The molecule has 116 valence electrons. The normalized spacial score (nSPS) is 11.9. The van der Waals surface area contributed by atoms with Gasteiger partial charge < -0.3 is 14.5 Å². The van der Waals surface area contributed by atoms with E-state index in [1.165, 1.54) is 10.9 Å². The molecule has 0 saturated carbocycles. The molecule has 0 amide bonds. The topological polar surface area (TPSA) is 37.6 Å². The summed E-state index contributed by atoms with van der Waals surface area (Å²) in [7, 11) is 4.06. The zero-order valence-corrected chi connectivity index (χ0v) is 13.5. The highest BCUT2D eigenvalue weighted by Gasteiger charge is 2.14. The Bertz CT molecular complexity index is 563. The van der Waals surface area contributed by atoms with Crippen LogP contribution in [0.25, 0.3) is 11.0 Å². The zero-order valence-electron chi connectivity index (χ0n) is 13.5. The maximum absolute atomic E-state index is 6.03. The fourth-order valence-corrected chi connectivity index (χ4v) is 2.42. The van der Waals surface area contributed by atoms with Crippen molar-refractivity contribution in [3.63, 3.8) is 0 Å². The number of nitrogens with one attached hydrogen (secondary N) is 1. The highest BCUT2D eigenvalue weighted by Crippen LogP contribution is 2.26. The summed E-state index contributed by atoms with van der Waals surface area (Å²) in [6, 6.07) is 8.22. The third kappa shape index (κ3) is 4.30. The van der Waals surface area contributed by atoms with Crippen molar-refractivity contribution in [2.45, 2.75) is 33.0 Å². The van der Waals surface area contributed by atoms with E-state index in [1.54, 1.807) is 0 Å². The average Bonchev–Trinajstić information content (AvgIpc) is 2.77. The van der Waals surface area contributed by atoms with Crippen molar-refractivity contribution < 1.29 is 9.15 Å². The van der Waals surface area contributed by atoms with Crippen molar-refractivity contribution in [3.8, 4) is 0 Å². The van der Waals surface area contributed by atoms with E-state index in [2.05, 4.69) is 43.2 Å². The monoisotopic (exact) mass is 290 g/mol. The molecule has 0 fully saturated rings. The Morgan fingerprint density at radius 3 is 2.76 bits per heavy atom. The minimum atomic E-state index is 0.282. The first-order chi connectivity index (χ1) is 10.1. The van der Waals surface area contributed by atoms with Crippen molar-refractivity contribution in [1.82, 2.24) is 10.2 Å². The number of hydrogen-bond donors (Lipinski definition) is 1. The predicted molar refractivity (Wildman–Crippen MR) is 86.4 cm³/mol. The third-order valence-electron chi connectivity index (χ3n) is 3.47. The third-order valence-corrected chi connectivity index (χ3v) is 3.47. The van der Waals surface area contributed by atoms with Crippen LogP contribution in [0, 0.1) is 0 Å². The van der Waals surface area contributed by atoms with Crippen LogP contribution < -0.4 is 5.32 Å². The Morgan fingerprint density at radius 2 is 2.05 bits per heavy atom. The Morgan fingerprint density at radius 1 is 1.29 bits per heavy atom. The molecular formula is C17H26N2O2. The van der Waals surface area contributed by atoms with Crippen molar-refractivity contribution in [2.75, 3.05) is 27.2 Å². The summed E-state index contributed by atoms with van der Waals surface area (Å²) in [5, 5.41) is 4.43. The van der Waals surface area contributed by atoms with Gasteiger partial charge in [0.1, 0.15) is 11.3 Å². The molecule has 1 heterocycles. The van der Waals surface area contributed by atoms with E-state index in [9.17, 15) is 0 Å². The number of likely N-dealkylation sites (N-methyl/N-ethyl adjacent to an activating group) is 1. The Kier molecular flexibility index (Phi) is 5.79. The fourth-order valence-electron chi connectivity index (χ4n) is 2.42.